The molecule has 2 N–H and O–H groups in total. The number of nitrogens with two attached hydrogens (primary N) is 1. The molecular weight excluding hydrogens is 194 g/mol. The standard InChI is InChI=1S/C10H17N3O2/c1-9-12-6-10(7-13-9)8-15-5-4-14-3-2-11/h6-7H,2-5,8,11H2,1H3. The van der Waals surface area contributed by atoms with Crippen LogP contribution in [0.25, 0.3) is 0 Å². The predicted molar refractivity (Wildman–Crippen MR) is 56.3 cm³/mol. The molecule has 5 heteroatoms. The average molecular weight is 211 g/mol. The third kappa shape index (κ3) is 5.41. The largest absolute Gasteiger partial charge is 0.378 e. The molecule has 0 radical (unpaired) electrons. The minimum absolute atomic E-state index is 0.520. The summed E-state index contributed by atoms with van der Waals surface area (Å²) in [6.45, 7) is 4.64. The number of ether oxygens (including phenoxy) is 2. The van der Waals surface area contributed by atoms with E-state index in [2.05, 4.69) is 9.97 Å². The molecule has 0 saturated carbocycles. The Hall–Kier alpha value is -1.04. The highest BCUT2D eigenvalue weighted by atomic mass is 16.5. The lowest BCUT2D eigenvalue weighted by atomic mass is 10.4. The summed E-state index contributed by atoms with van der Waals surface area (Å²) in [6, 6.07) is 0. The van der Waals surface area contributed by atoms with E-state index in [1.807, 2.05) is 6.92 Å². The van der Waals surface area contributed by atoms with E-state index >= 15 is 0 Å². The quantitative estimate of drug-likeness (QED) is 0.656. The Labute approximate surface area is 89.6 Å². The molecule has 1 aromatic heterocycles. The number of hydrogen-bond acceptors (Lipinski definition) is 5. The molecule has 0 fully saturated rings. The average Bonchev–Trinajstić information content (AvgIpc) is 2.26. The molecule has 0 spiro atoms. The van der Waals surface area contributed by atoms with Crippen molar-refractivity contribution in [2.45, 2.75) is 13.5 Å². The topological polar surface area (TPSA) is 70.3 Å². The van der Waals surface area contributed by atoms with Gasteiger partial charge in [-0.1, -0.05) is 0 Å². The van der Waals surface area contributed by atoms with Crippen LogP contribution in [0.5, 0.6) is 0 Å². The van der Waals surface area contributed by atoms with Crippen molar-refractivity contribution < 1.29 is 9.47 Å². The highest BCUT2D eigenvalue weighted by molar-refractivity contribution is 5.02. The van der Waals surface area contributed by atoms with E-state index in [9.17, 15) is 0 Å². The zero-order valence-corrected chi connectivity index (χ0v) is 8.98. The van der Waals surface area contributed by atoms with E-state index in [0.717, 1.165) is 11.4 Å². The molecule has 0 saturated heterocycles. The maximum Gasteiger partial charge on any atom is 0.125 e. The van der Waals surface area contributed by atoms with Crippen molar-refractivity contribution in [2.24, 2.45) is 5.73 Å². The van der Waals surface area contributed by atoms with Crippen molar-refractivity contribution in [1.82, 2.24) is 9.97 Å². The first-order valence-corrected chi connectivity index (χ1v) is 4.96. The SMILES string of the molecule is Cc1ncc(COCCOCCN)cn1. The first-order chi connectivity index (χ1) is 7.33. The van der Waals surface area contributed by atoms with Gasteiger partial charge in [0.05, 0.1) is 26.4 Å². The minimum Gasteiger partial charge on any atom is -0.378 e. The summed E-state index contributed by atoms with van der Waals surface area (Å²) < 4.78 is 10.5. The number of aromatic nitrogens is 2. The number of aryl methyl sites for hydroxylation is 1. The maximum absolute atomic E-state index is 5.36. The van der Waals surface area contributed by atoms with Gasteiger partial charge >= 0.3 is 0 Å². The number of nitrogens with zero attached hydrogens (tertiary/aromatic N) is 2. The van der Waals surface area contributed by atoms with Gasteiger partial charge in [0.1, 0.15) is 5.82 Å². The van der Waals surface area contributed by atoms with Gasteiger partial charge in [-0.3, -0.25) is 0 Å². The summed E-state index contributed by atoms with van der Waals surface area (Å²) in [4.78, 5) is 8.14. The van der Waals surface area contributed by atoms with Crippen LogP contribution in [0.2, 0.25) is 0 Å². The molecule has 15 heavy (non-hydrogen) atoms. The van der Waals surface area contributed by atoms with Crippen LogP contribution in [0.1, 0.15) is 11.4 Å². The van der Waals surface area contributed by atoms with Gasteiger partial charge in [0.15, 0.2) is 0 Å². The summed E-state index contributed by atoms with van der Waals surface area (Å²) in [7, 11) is 0. The minimum atomic E-state index is 0.520. The van der Waals surface area contributed by atoms with E-state index in [4.69, 9.17) is 15.2 Å². The Bertz CT molecular complexity index is 264. The predicted octanol–water partition coefficient (Wildman–Crippen LogP) is 0.277. The molecule has 0 bridgehead atoms. The van der Waals surface area contributed by atoms with Gasteiger partial charge in [-0.25, -0.2) is 9.97 Å². The molecule has 0 aromatic carbocycles. The van der Waals surface area contributed by atoms with Crippen LogP contribution in [0.3, 0.4) is 0 Å². The lowest BCUT2D eigenvalue weighted by molar-refractivity contribution is 0.0431. The fraction of sp³-hybridized carbons (Fsp3) is 0.600. The molecule has 1 rings (SSSR count). The number of rotatable bonds is 7. The molecule has 0 atom stereocenters. The Morgan fingerprint density at radius 3 is 2.47 bits per heavy atom. The highest BCUT2D eigenvalue weighted by Crippen LogP contribution is 1.97. The summed E-state index contributed by atoms with van der Waals surface area (Å²) in [5.41, 5.74) is 6.24. The van der Waals surface area contributed by atoms with Crippen LogP contribution in [-0.2, 0) is 16.1 Å². The lowest BCUT2D eigenvalue weighted by Crippen LogP contribution is -2.12. The Balaban J connectivity index is 2.07. The Morgan fingerprint density at radius 2 is 1.80 bits per heavy atom. The molecule has 5 nitrogen and oxygen atoms in total. The van der Waals surface area contributed by atoms with Crippen LogP contribution in [0.4, 0.5) is 0 Å². The first kappa shape index (κ1) is 12.0. The zero-order valence-electron chi connectivity index (χ0n) is 8.98. The third-order valence-electron chi connectivity index (χ3n) is 1.74. The van der Waals surface area contributed by atoms with Gasteiger partial charge in [-0.15, -0.1) is 0 Å². The fourth-order valence-corrected chi connectivity index (χ4v) is 0.987. The van der Waals surface area contributed by atoms with Crippen LogP contribution in [-0.4, -0.2) is 36.3 Å². The van der Waals surface area contributed by atoms with Crippen molar-refractivity contribution in [3.05, 3.63) is 23.8 Å². The van der Waals surface area contributed by atoms with E-state index in [0.29, 0.717) is 33.0 Å². The molecule has 0 unspecified atom stereocenters. The van der Waals surface area contributed by atoms with Crippen molar-refractivity contribution in [3.63, 3.8) is 0 Å². The monoisotopic (exact) mass is 211 g/mol. The second-order valence-corrected chi connectivity index (χ2v) is 3.09. The molecule has 0 aliphatic heterocycles. The summed E-state index contributed by atoms with van der Waals surface area (Å²) in [5.74, 6) is 0.769. The smallest absolute Gasteiger partial charge is 0.125 e. The molecule has 1 aromatic rings. The van der Waals surface area contributed by atoms with E-state index in [-0.39, 0.29) is 0 Å². The Morgan fingerprint density at radius 1 is 1.13 bits per heavy atom. The third-order valence-corrected chi connectivity index (χ3v) is 1.74. The van der Waals surface area contributed by atoms with Crippen molar-refractivity contribution in [2.75, 3.05) is 26.4 Å². The van der Waals surface area contributed by atoms with Gasteiger partial charge in [0, 0.05) is 24.5 Å². The normalized spacial score (nSPS) is 10.5. The Kier molecular flexibility index (Phi) is 5.84. The van der Waals surface area contributed by atoms with E-state index in [1.165, 1.54) is 0 Å². The van der Waals surface area contributed by atoms with Gasteiger partial charge in [0.2, 0.25) is 0 Å². The fourth-order valence-electron chi connectivity index (χ4n) is 0.987. The van der Waals surface area contributed by atoms with E-state index < -0.39 is 0 Å². The van der Waals surface area contributed by atoms with Crippen molar-refractivity contribution in [1.29, 1.82) is 0 Å². The van der Waals surface area contributed by atoms with Crippen LogP contribution in [0.15, 0.2) is 12.4 Å². The molecule has 1 heterocycles. The van der Waals surface area contributed by atoms with Gasteiger partial charge < -0.3 is 15.2 Å². The second-order valence-electron chi connectivity index (χ2n) is 3.09. The van der Waals surface area contributed by atoms with Crippen molar-refractivity contribution in [3.8, 4) is 0 Å². The highest BCUT2D eigenvalue weighted by Gasteiger charge is 1.94. The zero-order chi connectivity index (χ0) is 10.9. The molecular formula is C10H17N3O2. The second kappa shape index (κ2) is 7.28. The van der Waals surface area contributed by atoms with Crippen LogP contribution >= 0.6 is 0 Å². The van der Waals surface area contributed by atoms with Gasteiger partial charge in [0.25, 0.3) is 0 Å². The van der Waals surface area contributed by atoms with Gasteiger partial charge in [-0.2, -0.15) is 0 Å². The van der Waals surface area contributed by atoms with Crippen LogP contribution < -0.4 is 5.73 Å². The van der Waals surface area contributed by atoms with E-state index in [1.54, 1.807) is 12.4 Å². The molecule has 84 valence electrons. The van der Waals surface area contributed by atoms with Crippen molar-refractivity contribution >= 4 is 0 Å². The maximum atomic E-state index is 5.36. The molecule has 0 aliphatic carbocycles. The molecule has 0 aliphatic rings. The summed E-state index contributed by atoms with van der Waals surface area (Å²) >= 11 is 0. The molecule has 0 amide bonds. The van der Waals surface area contributed by atoms with Crippen LogP contribution in [0, 0.1) is 6.92 Å². The first-order valence-electron chi connectivity index (χ1n) is 4.96. The summed E-state index contributed by atoms with van der Waals surface area (Å²) in [5, 5.41) is 0. The van der Waals surface area contributed by atoms with Gasteiger partial charge in [-0.05, 0) is 6.92 Å². The summed E-state index contributed by atoms with van der Waals surface area (Å²) in [6.07, 6.45) is 3.53. The number of hydrogen-bond donors (Lipinski definition) is 1. The lowest BCUT2D eigenvalue weighted by Gasteiger charge is -2.04.